The van der Waals surface area contributed by atoms with Crippen molar-refractivity contribution in [1.82, 2.24) is 14.8 Å². The lowest BCUT2D eigenvalue weighted by molar-refractivity contribution is 0.560. The summed E-state index contributed by atoms with van der Waals surface area (Å²) < 4.78 is 13.2. The van der Waals surface area contributed by atoms with Crippen LogP contribution in [0.4, 0.5) is 0 Å². The number of furan rings is 1. The highest BCUT2D eigenvalue weighted by Gasteiger charge is 2.18. The van der Waals surface area contributed by atoms with Crippen LogP contribution in [0.2, 0.25) is 0 Å². The molecule has 3 aromatic heterocycles. The fourth-order valence-corrected chi connectivity index (χ4v) is 5.09. The number of thioether (sulfide) groups is 1. The number of nitrogens with zero attached hydrogens (tertiary/aromatic N) is 3. The second-order valence-corrected chi connectivity index (χ2v) is 8.84. The van der Waals surface area contributed by atoms with Gasteiger partial charge in [0.2, 0.25) is 5.82 Å². The van der Waals surface area contributed by atoms with E-state index in [-0.39, 0.29) is 5.63 Å². The Bertz CT molecular complexity index is 1650. The third-order valence-corrected chi connectivity index (χ3v) is 6.73. The molecule has 0 saturated carbocycles. The molecule has 0 fully saturated rings. The number of fused-ring (bicyclic) bond motifs is 3. The van der Waals surface area contributed by atoms with Crippen molar-refractivity contribution >= 4 is 33.5 Å². The van der Waals surface area contributed by atoms with E-state index < -0.39 is 0 Å². The summed E-state index contributed by atoms with van der Waals surface area (Å²) in [4.78, 5) is 12.3. The second-order valence-electron chi connectivity index (χ2n) is 7.89. The predicted molar refractivity (Wildman–Crippen MR) is 133 cm³/mol. The standard InChI is InChI=1S/C27H19N3O3S/c31-24-15-20(25-21-10-5-4-9-19(21)12-13-22(25)33-24)17-34-27-29-28-26(23-11-6-14-32-23)30(27)16-18-7-2-1-3-8-18/h1-15H,16-17H2. The van der Waals surface area contributed by atoms with Crippen molar-refractivity contribution < 1.29 is 8.83 Å². The van der Waals surface area contributed by atoms with E-state index in [0.29, 0.717) is 29.5 Å². The van der Waals surface area contributed by atoms with E-state index >= 15 is 0 Å². The zero-order valence-corrected chi connectivity index (χ0v) is 18.9. The van der Waals surface area contributed by atoms with E-state index in [1.807, 2.05) is 59.2 Å². The lowest BCUT2D eigenvalue weighted by atomic mass is 10.0. The van der Waals surface area contributed by atoms with Gasteiger partial charge in [0.15, 0.2) is 10.9 Å². The first kappa shape index (κ1) is 20.5. The minimum atomic E-state index is -0.361. The molecular weight excluding hydrogens is 446 g/mol. The summed E-state index contributed by atoms with van der Waals surface area (Å²) in [5, 5.41) is 12.7. The molecule has 0 aliphatic heterocycles. The normalized spacial score (nSPS) is 11.4. The summed E-state index contributed by atoms with van der Waals surface area (Å²) >= 11 is 1.54. The zero-order chi connectivity index (χ0) is 22.9. The lowest BCUT2D eigenvalue weighted by Gasteiger charge is -2.11. The maximum Gasteiger partial charge on any atom is 0.336 e. The van der Waals surface area contributed by atoms with Crippen LogP contribution in [0.15, 0.2) is 110 Å². The maximum absolute atomic E-state index is 12.3. The Morgan fingerprint density at radius 2 is 1.74 bits per heavy atom. The quantitative estimate of drug-likeness (QED) is 0.167. The smallest absolute Gasteiger partial charge is 0.336 e. The first-order valence-corrected chi connectivity index (χ1v) is 11.8. The molecule has 0 aliphatic rings. The van der Waals surface area contributed by atoms with Crippen LogP contribution in [0, 0.1) is 0 Å². The highest BCUT2D eigenvalue weighted by atomic mass is 32.2. The van der Waals surface area contributed by atoms with Gasteiger partial charge in [-0.15, -0.1) is 10.2 Å². The Kier molecular flexibility index (Phi) is 5.24. The van der Waals surface area contributed by atoms with Crippen LogP contribution in [0.3, 0.4) is 0 Å². The van der Waals surface area contributed by atoms with Crippen molar-refractivity contribution in [2.75, 3.05) is 0 Å². The lowest BCUT2D eigenvalue weighted by Crippen LogP contribution is -2.04. The maximum atomic E-state index is 12.3. The van der Waals surface area contributed by atoms with E-state index in [1.54, 1.807) is 12.3 Å². The predicted octanol–water partition coefficient (Wildman–Crippen LogP) is 6.14. The Hall–Kier alpha value is -4.10. The van der Waals surface area contributed by atoms with Gasteiger partial charge in [-0.1, -0.05) is 72.4 Å². The molecule has 0 amide bonds. The van der Waals surface area contributed by atoms with Gasteiger partial charge in [-0.25, -0.2) is 4.79 Å². The molecule has 0 aliphatic carbocycles. The van der Waals surface area contributed by atoms with Gasteiger partial charge in [0.1, 0.15) is 5.58 Å². The molecule has 7 heteroatoms. The Morgan fingerprint density at radius 1 is 0.882 bits per heavy atom. The van der Waals surface area contributed by atoms with E-state index in [1.165, 1.54) is 11.8 Å². The van der Waals surface area contributed by atoms with Gasteiger partial charge in [-0.2, -0.15) is 0 Å². The number of benzene rings is 3. The average molecular weight is 466 g/mol. The first-order chi connectivity index (χ1) is 16.8. The van der Waals surface area contributed by atoms with Crippen molar-refractivity contribution in [1.29, 1.82) is 0 Å². The van der Waals surface area contributed by atoms with Crippen molar-refractivity contribution in [3.8, 4) is 11.6 Å². The molecule has 34 heavy (non-hydrogen) atoms. The summed E-state index contributed by atoms with van der Waals surface area (Å²) in [7, 11) is 0. The zero-order valence-electron chi connectivity index (χ0n) is 18.0. The van der Waals surface area contributed by atoms with Gasteiger partial charge in [-0.3, -0.25) is 4.57 Å². The van der Waals surface area contributed by atoms with Crippen LogP contribution in [0.25, 0.3) is 33.3 Å². The Balaban J connectivity index is 1.41. The molecule has 0 unspecified atom stereocenters. The van der Waals surface area contributed by atoms with Crippen LogP contribution in [-0.2, 0) is 12.3 Å². The Labute approximate surface area is 198 Å². The first-order valence-electron chi connectivity index (χ1n) is 10.8. The molecule has 0 bridgehead atoms. The third kappa shape index (κ3) is 3.80. The minimum absolute atomic E-state index is 0.361. The van der Waals surface area contributed by atoms with Gasteiger partial charge in [-0.05, 0) is 40.1 Å². The third-order valence-electron chi connectivity index (χ3n) is 5.71. The van der Waals surface area contributed by atoms with Crippen LogP contribution in [-0.4, -0.2) is 14.8 Å². The summed E-state index contributed by atoms with van der Waals surface area (Å²) in [6, 6.07) is 27.4. The molecule has 3 heterocycles. The van der Waals surface area contributed by atoms with Gasteiger partial charge < -0.3 is 8.83 Å². The Morgan fingerprint density at radius 3 is 2.59 bits per heavy atom. The fourth-order valence-electron chi connectivity index (χ4n) is 4.17. The van der Waals surface area contributed by atoms with E-state index in [4.69, 9.17) is 8.83 Å². The largest absolute Gasteiger partial charge is 0.461 e. The molecule has 0 radical (unpaired) electrons. The number of hydrogen-bond donors (Lipinski definition) is 0. The number of rotatable bonds is 6. The highest BCUT2D eigenvalue weighted by molar-refractivity contribution is 7.98. The molecule has 3 aromatic carbocycles. The molecule has 6 aromatic rings. The highest BCUT2D eigenvalue weighted by Crippen LogP contribution is 2.32. The number of hydrogen-bond acceptors (Lipinski definition) is 6. The van der Waals surface area contributed by atoms with Crippen molar-refractivity contribution in [2.45, 2.75) is 17.5 Å². The molecular formula is C27H19N3O3S. The van der Waals surface area contributed by atoms with Crippen molar-refractivity contribution in [3.05, 3.63) is 113 Å². The summed E-state index contributed by atoms with van der Waals surface area (Å²) in [6.07, 6.45) is 1.63. The molecule has 0 saturated heterocycles. The van der Waals surface area contributed by atoms with Gasteiger partial charge in [0.25, 0.3) is 0 Å². The van der Waals surface area contributed by atoms with Gasteiger partial charge in [0, 0.05) is 17.2 Å². The molecule has 6 rings (SSSR count). The molecule has 166 valence electrons. The molecule has 0 N–H and O–H groups in total. The molecule has 6 nitrogen and oxygen atoms in total. The summed E-state index contributed by atoms with van der Waals surface area (Å²) in [5.41, 5.74) is 2.26. The number of aromatic nitrogens is 3. The molecule has 0 spiro atoms. The summed E-state index contributed by atoms with van der Waals surface area (Å²) in [6.45, 7) is 0.604. The van der Waals surface area contributed by atoms with E-state index in [0.717, 1.165) is 32.4 Å². The average Bonchev–Trinajstić information content (AvgIpc) is 3.53. The van der Waals surface area contributed by atoms with Crippen LogP contribution < -0.4 is 5.63 Å². The topological polar surface area (TPSA) is 74.1 Å². The van der Waals surface area contributed by atoms with Crippen LogP contribution in [0.5, 0.6) is 0 Å². The SMILES string of the molecule is O=c1cc(CSc2nnc(-c3ccco3)n2Cc2ccccc2)c2c(ccc3ccccc32)o1. The van der Waals surface area contributed by atoms with Gasteiger partial charge >= 0.3 is 5.63 Å². The van der Waals surface area contributed by atoms with Crippen LogP contribution in [0.1, 0.15) is 11.1 Å². The van der Waals surface area contributed by atoms with E-state index in [2.05, 4.69) is 34.5 Å². The fraction of sp³-hybridized carbons (Fsp3) is 0.0741. The molecule has 0 atom stereocenters. The van der Waals surface area contributed by atoms with Crippen LogP contribution >= 0.6 is 11.8 Å². The van der Waals surface area contributed by atoms with Crippen molar-refractivity contribution in [2.24, 2.45) is 0 Å². The minimum Gasteiger partial charge on any atom is -0.461 e. The monoisotopic (exact) mass is 465 g/mol. The van der Waals surface area contributed by atoms with Crippen molar-refractivity contribution in [3.63, 3.8) is 0 Å². The van der Waals surface area contributed by atoms with E-state index in [9.17, 15) is 4.79 Å². The summed E-state index contributed by atoms with van der Waals surface area (Å²) in [5.74, 6) is 1.87. The van der Waals surface area contributed by atoms with Gasteiger partial charge in [0.05, 0.1) is 12.8 Å². The second kappa shape index (κ2) is 8.68.